The molecular formula is C13H28N2O. The minimum Gasteiger partial charge on any atom is -0.375 e. The second-order valence-corrected chi connectivity index (χ2v) is 5.24. The zero-order valence-corrected chi connectivity index (χ0v) is 11.4. The maximum Gasteiger partial charge on any atom is 0.0666 e. The zero-order chi connectivity index (χ0) is 12.0. The maximum absolute atomic E-state index is 5.88. The largest absolute Gasteiger partial charge is 0.375 e. The highest BCUT2D eigenvalue weighted by Crippen LogP contribution is 2.29. The van der Waals surface area contributed by atoms with Crippen LogP contribution in [-0.4, -0.2) is 50.3 Å². The van der Waals surface area contributed by atoms with Gasteiger partial charge in [0.25, 0.3) is 0 Å². The van der Waals surface area contributed by atoms with Crippen molar-refractivity contribution in [3.63, 3.8) is 0 Å². The molecule has 1 heterocycles. The van der Waals surface area contributed by atoms with E-state index >= 15 is 0 Å². The number of hydrogen-bond donors (Lipinski definition) is 1. The summed E-state index contributed by atoms with van der Waals surface area (Å²) in [6, 6.07) is 0.704. The van der Waals surface area contributed by atoms with E-state index in [2.05, 4.69) is 31.1 Å². The average molecular weight is 228 g/mol. The van der Waals surface area contributed by atoms with Gasteiger partial charge in [-0.2, -0.15) is 0 Å². The van der Waals surface area contributed by atoms with E-state index in [0.29, 0.717) is 6.04 Å². The smallest absolute Gasteiger partial charge is 0.0666 e. The maximum atomic E-state index is 5.88. The van der Waals surface area contributed by atoms with E-state index in [-0.39, 0.29) is 5.60 Å². The first-order chi connectivity index (χ1) is 7.61. The minimum absolute atomic E-state index is 0.111. The topological polar surface area (TPSA) is 24.5 Å². The molecule has 1 N–H and O–H groups in total. The van der Waals surface area contributed by atoms with E-state index in [1.165, 1.54) is 25.8 Å². The Hall–Kier alpha value is -0.120. The van der Waals surface area contributed by atoms with Gasteiger partial charge in [-0.1, -0.05) is 6.92 Å². The van der Waals surface area contributed by atoms with Crippen LogP contribution >= 0.6 is 0 Å². The Balaban J connectivity index is 2.35. The van der Waals surface area contributed by atoms with Crippen LogP contribution in [-0.2, 0) is 4.74 Å². The summed E-state index contributed by atoms with van der Waals surface area (Å²) in [7, 11) is 4.27. The lowest BCUT2D eigenvalue weighted by Crippen LogP contribution is -2.46. The Kier molecular flexibility index (Phi) is 5.73. The molecule has 1 aliphatic heterocycles. The van der Waals surface area contributed by atoms with Crippen LogP contribution in [0.15, 0.2) is 0 Å². The molecule has 0 amide bonds. The van der Waals surface area contributed by atoms with Crippen LogP contribution in [0.2, 0.25) is 0 Å². The van der Waals surface area contributed by atoms with Gasteiger partial charge in [0.1, 0.15) is 0 Å². The summed E-state index contributed by atoms with van der Waals surface area (Å²) in [5, 5.41) is 3.20. The Morgan fingerprint density at radius 1 is 1.50 bits per heavy atom. The van der Waals surface area contributed by atoms with Crippen LogP contribution in [0.25, 0.3) is 0 Å². The van der Waals surface area contributed by atoms with Gasteiger partial charge in [-0.25, -0.2) is 0 Å². The summed E-state index contributed by atoms with van der Waals surface area (Å²) < 4.78 is 5.88. The highest BCUT2D eigenvalue weighted by Gasteiger charge is 2.33. The van der Waals surface area contributed by atoms with Crippen molar-refractivity contribution in [2.75, 3.05) is 33.8 Å². The van der Waals surface area contributed by atoms with Crippen LogP contribution < -0.4 is 5.32 Å². The predicted octanol–water partition coefficient (Wildman–Crippen LogP) is 1.88. The van der Waals surface area contributed by atoms with Crippen molar-refractivity contribution < 1.29 is 4.74 Å². The molecule has 16 heavy (non-hydrogen) atoms. The van der Waals surface area contributed by atoms with E-state index in [1.807, 2.05) is 7.05 Å². The fraction of sp³-hybridized carbons (Fsp3) is 1.00. The van der Waals surface area contributed by atoms with Crippen molar-refractivity contribution in [1.82, 2.24) is 10.2 Å². The van der Waals surface area contributed by atoms with Crippen molar-refractivity contribution in [2.24, 2.45) is 0 Å². The Morgan fingerprint density at radius 3 is 2.88 bits per heavy atom. The van der Waals surface area contributed by atoms with Crippen LogP contribution in [0, 0.1) is 0 Å². The van der Waals surface area contributed by atoms with Crippen LogP contribution in [0.5, 0.6) is 0 Å². The molecule has 2 unspecified atom stereocenters. The predicted molar refractivity (Wildman–Crippen MR) is 68.8 cm³/mol. The van der Waals surface area contributed by atoms with E-state index in [9.17, 15) is 0 Å². The van der Waals surface area contributed by atoms with E-state index in [1.54, 1.807) is 0 Å². The molecular weight excluding hydrogens is 200 g/mol. The molecule has 0 saturated carbocycles. The van der Waals surface area contributed by atoms with Crippen molar-refractivity contribution in [3.05, 3.63) is 0 Å². The van der Waals surface area contributed by atoms with Gasteiger partial charge in [-0.3, -0.25) is 0 Å². The van der Waals surface area contributed by atoms with Crippen LogP contribution in [0.4, 0.5) is 0 Å². The number of nitrogens with one attached hydrogen (secondary N) is 1. The fourth-order valence-corrected chi connectivity index (χ4v) is 2.41. The van der Waals surface area contributed by atoms with Crippen LogP contribution in [0.3, 0.4) is 0 Å². The molecule has 0 aliphatic carbocycles. The van der Waals surface area contributed by atoms with Crippen molar-refractivity contribution in [1.29, 1.82) is 0 Å². The van der Waals surface area contributed by atoms with Crippen LogP contribution in [0.1, 0.15) is 39.5 Å². The second kappa shape index (κ2) is 6.58. The van der Waals surface area contributed by atoms with Gasteiger partial charge in [0.05, 0.1) is 5.60 Å². The molecule has 0 aromatic carbocycles. The summed E-state index contributed by atoms with van der Waals surface area (Å²) in [6.07, 6.45) is 4.71. The standard InChI is InChI=1S/C13H28N2O/c1-5-13(2)11-12(7-10-16-13)15(4)9-6-8-14-3/h12,14H,5-11H2,1-4H3. The molecule has 96 valence electrons. The molecule has 1 fully saturated rings. The van der Waals surface area contributed by atoms with Crippen molar-refractivity contribution in [3.8, 4) is 0 Å². The number of rotatable bonds is 6. The SMILES string of the molecule is CCC1(C)CC(N(C)CCCNC)CCO1. The summed E-state index contributed by atoms with van der Waals surface area (Å²) in [6.45, 7) is 7.69. The van der Waals surface area contributed by atoms with Gasteiger partial charge in [0, 0.05) is 12.6 Å². The van der Waals surface area contributed by atoms with Gasteiger partial charge < -0.3 is 15.0 Å². The fourth-order valence-electron chi connectivity index (χ4n) is 2.41. The lowest BCUT2D eigenvalue weighted by atomic mass is 9.89. The number of hydrogen-bond acceptors (Lipinski definition) is 3. The van der Waals surface area contributed by atoms with Gasteiger partial charge in [-0.15, -0.1) is 0 Å². The second-order valence-electron chi connectivity index (χ2n) is 5.24. The summed E-state index contributed by atoms with van der Waals surface area (Å²) in [5.41, 5.74) is 0.111. The third-order valence-electron chi connectivity index (χ3n) is 3.88. The normalized spacial score (nSPS) is 30.9. The molecule has 0 aromatic rings. The molecule has 3 nitrogen and oxygen atoms in total. The first-order valence-corrected chi connectivity index (χ1v) is 6.60. The first-order valence-electron chi connectivity index (χ1n) is 6.60. The molecule has 1 aliphatic rings. The monoisotopic (exact) mass is 228 g/mol. The number of ether oxygens (including phenoxy) is 1. The van der Waals surface area contributed by atoms with E-state index in [4.69, 9.17) is 4.74 Å². The lowest BCUT2D eigenvalue weighted by Gasteiger charge is -2.41. The highest BCUT2D eigenvalue weighted by atomic mass is 16.5. The molecule has 2 atom stereocenters. The minimum atomic E-state index is 0.111. The molecule has 3 heteroatoms. The zero-order valence-electron chi connectivity index (χ0n) is 11.4. The Labute approximate surface area is 101 Å². The van der Waals surface area contributed by atoms with E-state index < -0.39 is 0 Å². The average Bonchev–Trinajstić information content (AvgIpc) is 2.29. The van der Waals surface area contributed by atoms with Gasteiger partial charge in [-0.05, 0) is 59.8 Å². The van der Waals surface area contributed by atoms with Crippen molar-refractivity contribution in [2.45, 2.75) is 51.2 Å². The lowest BCUT2D eigenvalue weighted by molar-refractivity contribution is -0.0935. The molecule has 0 spiro atoms. The van der Waals surface area contributed by atoms with Crippen molar-refractivity contribution >= 4 is 0 Å². The van der Waals surface area contributed by atoms with Gasteiger partial charge in [0.15, 0.2) is 0 Å². The van der Waals surface area contributed by atoms with Gasteiger partial charge in [0.2, 0.25) is 0 Å². The third kappa shape index (κ3) is 4.04. The first kappa shape index (κ1) is 13.9. The molecule has 1 saturated heterocycles. The third-order valence-corrected chi connectivity index (χ3v) is 3.88. The summed E-state index contributed by atoms with van der Waals surface area (Å²) in [4.78, 5) is 2.51. The highest BCUT2D eigenvalue weighted by molar-refractivity contribution is 4.86. The molecule has 1 rings (SSSR count). The number of nitrogens with zero attached hydrogens (tertiary/aromatic N) is 1. The quantitative estimate of drug-likeness (QED) is 0.703. The molecule has 0 bridgehead atoms. The summed E-state index contributed by atoms with van der Waals surface area (Å²) >= 11 is 0. The summed E-state index contributed by atoms with van der Waals surface area (Å²) in [5.74, 6) is 0. The Bertz CT molecular complexity index is 198. The Morgan fingerprint density at radius 2 is 2.25 bits per heavy atom. The van der Waals surface area contributed by atoms with Gasteiger partial charge >= 0.3 is 0 Å². The molecule has 0 radical (unpaired) electrons. The van der Waals surface area contributed by atoms with E-state index in [0.717, 1.165) is 19.6 Å². The molecule has 0 aromatic heterocycles.